The van der Waals surface area contributed by atoms with Crippen LogP contribution in [0.25, 0.3) is 0 Å². The molecule has 0 spiro atoms. The van der Waals surface area contributed by atoms with Gasteiger partial charge in [-0.15, -0.1) is 0 Å². The molecule has 3 rings (SSSR count). The minimum atomic E-state index is -4.39. The van der Waals surface area contributed by atoms with Gasteiger partial charge < -0.3 is 20.5 Å². The van der Waals surface area contributed by atoms with E-state index in [1.807, 2.05) is 24.3 Å². The summed E-state index contributed by atoms with van der Waals surface area (Å²) < 4.78 is 41.2. The Bertz CT molecular complexity index is 824. The minimum Gasteiger partial charge on any atom is -0.484 e. The normalized spacial score (nSPS) is 19.6. The first-order valence-electron chi connectivity index (χ1n) is 8.85. The summed E-state index contributed by atoms with van der Waals surface area (Å²) in [5.74, 6) is 0.100. The highest BCUT2D eigenvalue weighted by Gasteiger charge is 2.32. The summed E-state index contributed by atoms with van der Waals surface area (Å²) >= 11 is 0. The van der Waals surface area contributed by atoms with Gasteiger partial charge in [0, 0.05) is 6.42 Å². The minimum absolute atomic E-state index is 0.100. The van der Waals surface area contributed by atoms with Crippen LogP contribution < -0.4 is 15.4 Å². The summed E-state index contributed by atoms with van der Waals surface area (Å²) in [7, 11) is 0. The molecule has 0 heterocycles. The SMILES string of the molecule is CC(NC(=O)N[C@@H]1c2ccccc2C[C@@H]1O)c1ccc(OCC(F)(F)F)cc1. The van der Waals surface area contributed by atoms with Crippen LogP contribution in [0.5, 0.6) is 5.75 Å². The lowest BCUT2D eigenvalue weighted by molar-refractivity contribution is -0.153. The van der Waals surface area contributed by atoms with Crippen molar-refractivity contribution >= 4 is 6.03 Å². The molecule has 0 saturated carbocycles. The molecule has 0 aromatic heterocycles. The maximum absolute atomic E-state index is 12.3. The van der Waals surface area contributed by atoms with Crippen LogP contribution in [0.15, 0.2) is 48.5 Å². The van der Waals surface area contributed by atoms with Gasteiger partial charge in [0.05, 0.1) is 18.2 Å². The molecule has 3 N–H and O–H groups in total. The lowest BCUT2D eigenvalue weighted by Gasteiger charge is -2.21. The molecule has 2 aromatic carbocycles. The van der Waals surface area contributed by atoms with E-state index < -0.39 is 31.0 Å². The van der Waals surface area contributed by atoms with Crippen LogP contribution in [0.1, 0.15) is 35.7 Å². The molecule has 3 atom stereocenters. The number of halogens is 3. The zero-order valence-electron chi connectivity index (χ0n) is 15.2. The Hall–Kier alpha value is -2.74. The molecule has 5 nitrogen and oxygen atoms in total. The first-order valence-corrected chi connectivity index (χ1v) is 8.85. The van der Waals surface area contributed by atoms with E-state index in [4.69, 9.17) is 0 Å². The number of rotatable bonds is 5. The smallest absolute Gasteiger partial charge is 0.422 e. The van der Waals surface area contributed by atoms with Crippen LogP contribution in [0.4, 0.5) is 18.0 Å². The zero-order valence-corrected chi connectivity index (χ0v) is 15.2. The van der Waals surface area contributed by atoms with E-state index in [-0.39, 0.29) is 11.8 Å². The topological polar surface area (TPSA) is 70.6 Å². The summed E-state index contributed by atoms with van der Waals surface area (Å²) in [4.78, 5) is 12.3. The number of carbonyl (C=O) groups excluding carboxylic acids is 1. The van der Waals surface area contributed by atoms with Gasteiger partial charge in [0.25, 0.3) is 0 Å². The molecule has 150 valence electrons. The van der Waals surface area contributed by atoms with E-state index in [1.54, 1.807) is 19.1 Å². The van der Waals surface area contributed by atoms with Gasteiger partial charge in [-0.25, -0.2) is 4.79 Å². The Morgan fingerprint density at radius 1 is 1.21 bits per heavy atom. The number of ether oxygens (including phenoxy) is 1. The van der Waals surface area contributed by atoms with Crippen molar-refractivity contribution in [1.82, 2.24) is 10.6 Å². The number of alkyl halides is 3. The number of amides is 2. The highest BCUT2D eigenvalue weighted by atomic mass is 19.4. The van der Waals surface area contributed by atoms with E-state index >= 15 is 0 Å². The number of hydrogen-bond acceptors (Lipinski definition) is 3. The van der Waals surface area contributed by atoms with Crippen molar-refractivity contribution < 1.29 is 27.8 Å². The average Bonchev–Trinajstić information content (AvgIpc) is 2.95. The first kappa shape index (κ1) is 20.0. The van der Waals surface area contributed by atoms with Crippen molar-refractivity contribution in [3.8, 4) is 5.75 Å². The number of benzene rings is 2. The van der Waals surface area contributed by atoms with E-state index in [2.05, 4.69) is 15.4 Å². The molecule has 8 heteroatoms. The summed E-state index contributed by atoms with van der Waals surface area (Å²) in [5, 5.41) is 15.8. The monoisotopic (exact) mass is 394 g/mol. The van der Waals surface area contributed by atoms with E-state index in [0.717, 1.165) is 11.1 Å². The summed E-state index contributed by atoms with van der Waals surface area (Å²) in [6.07, 6.45) is -4.60. The molecule has 0 radical (unpaired) electrons. The second-order valence-corrected chi connectivity index (χ2v) is 6.76. The molecular formula is C20H21F3N2O3. The van der Waals surface area contributed by atoms with Gasteiger partial charge in [0.1, 0.15) is 5.75 Å². The maximum Gasteiger partial charge on any atom is 0.422 e. The van der Waals surface area contributed by atoms with Crippen LogP contribution in [0.2, 0.25) is 0 Å². The molecule has 0 aliphatic heterocycles. The third-order valence-corrected chi connectivity index (χ3v) is 4.62. The zero-order chi connectivity index (χ0) is 20.3. The molecule has 1 unspecified atom stereocenters. The fourth-order valence-corrected chi connectivity index (χ4v) is 3.23. The van der Waals surface area contributed by atoms with E-state index in [9.17, 15) is 23.1 Å². The summed E-state index contributed by atoms with van der Waals surface area (Å²) in [5.41, 5.74) is 2.61. The number of nitrogens with one attached hydrogen (secondary N) is 2. The van der Waals surface area contributed by atoms with Crippen LogP contribution >= 0.6 is 0 Å². The fraction of sp³-hybridized carbons (Fsp3) is 0.350. The Kier molecular flexibility index (Phi) is 5.79. The third-order valence-electron chi connectivity index (χ3n) is 4.62. The quantitative estimate of drug-likeness (QED) is 0.725. The van der Waals surface area contributed by atoms with Crippen molar-refractivity contribution in [1.29, 1.82) is 0 Å². The second kappa shape index (κ2) is 8.10. The van der Waals surface area contributed by atoms with Gasteiger partial charge in [0.15, 0.2) is 6.61 Å². The van der Waals surface area contributed by atoms with Gasteiger partial charge in [-0.2, -0.15) is 13.2 Å². The molecule has 28 heavy (non-hydrogen) atoms. The van der Waals surface area contributed by atoms with Crippen molar-refractivity contribution in [2.24, 2.45) is 0 Å². The first-order chi connectivity index (χ1) is 13.2. The average molecular weight is 394 g/mol. The van der Waals surface area contributed by atoms with E-state index in [1.165, 1.54) is 12.1 Å². The van der Waals surface area contributed by atoms with Gasteiger partial charge >= 0.3 is 12.2 Å². The van der Waals surface area contributed by atoms with Crippen LogP contribution in [0, 0.1) is 0 Å². The third kappa shape index (κ3) is 4.95. The Balaban J connectivity index is 1.56. The number of fused-ring (bicyclic) bond motifs is 1. The van der Waals surface area contributed by atoms with Crippen LogP contribution in [0.3, 0.4) is 0 Å². The fourth-order valence-electron chi connectivity index (χ4n) is 3.23. The number of urea groups is 1. The van der Waals surface area contributed by atoms with Crippen molar-refractivity contribution in [2.45, 2.75) is 37.7 Å². The molecule has 1 aliphatic carbocycles. The van der Waals surface area contributed by atoms with Gasteiger partial charge in [0.2, 0.25) is 0 Å². The number of aliphatic hydroxyl groups is 1. The largest absolute Gasteiger partial charge is 0.484 e. The van der Waals surface area contributed by atoms with Crippen LogP contribution in [-0.4, -0.2) is 30.0 Å². The molecule has 2 amide bonds. The van der Waals surface area contributed by atoms with Crippen molar-refractivity contribution in [3.63, 3.8) is 0 Å². The molecule has 2 aromatic rings. The Morgan fingerprint density at radius 3 is 2.57 bits per heavy atom. The molecular weight excluding hydrogens is 373 g/mol. The van der Waals surface area contributed by atoms with E-state index in [0.29, 0.717) is 12.0 Å². The van der Waals surface area contributed by atoms with Gasteiger partial charge in [-0.1, -0.05) is 36.4 Å². The summed E-state index contributed by atoms with van der Waals surface area (Å²) in [6, 6.07) is 12.3. The van der Waals surface area contributed by atoms with Gasteiger partial charge in [-0.3, -0.25) is 0 Å². The number of hydrogen-bond donors (Lipinski definition) is 3. The second-order valence-electron chi connectivity index (χ2n) is 6.76. The predicted molar refractivity (Wildman–Crippen MR) is 97.0 cm³/mol. The lowest BCUT2D eigenvalue weighted by Crippen LogP contribution is -2.41. The maximum atomic E-state index is 12.3. The highest BCUT2D eigenvalue weighted by Crippen LogP contribution is 2.31. The lowest BCUT2D eigenvalue weighted by atomic mass is 10.1. The number of carbonyl (C=O) groups is 1. The Labute approximate surface area is 160 Å². The van der Waals surface area contributed by atoms with Gasteiger partial charge in [-0.05, 0) is 35.7 Å². The molecule has 0 bridgehead atoms. The molecule has 1 aliphatic rings. The number of aliphatic hydroxyl groups excluding tert-OH is 1. The van der Waals surface area contributed by atoms with Crippen LogP contribution in [-0.2, 0) is 6.42 Å². The molecule has 0 fully saturated rings. The Morgan fingerprint density at radius 2 is 1.89 bits per heavy atom. The standard InChI is InChI=1S/C20H21F3N2O3/c1-12(13-6-8-15(9-7-13)28-11-20(21,22)23)24-19(27)25-18-16-5-3-2-4-14(16)10-17(18)26/h2-9,12,17-18,26H,10-11H2,1H3,(H2,24,25,27)/t12?,17-,18+/m0/s1. The predicted octanol–water partition coefficient (Wildman–Crippen LogP) is 3.65. The van der Waals surface area contributed by atoms with Crippen molar-refractivity contribution in [2.75, 3.05) is 6.61 Å². The van der Waals surface area contributed by atoms with Crippen molar-refractivity contribution in [3.05, 3.63) is 65.2 Å². The summed E-state index contributed by atoms with van der Waals surface area (Å²) in [6.45, 7) is 0.401. The molecule has 0 saturated heterocycles. The highest BCUT2D eigenvalue weighted by molar-refractivity contribution is 5.75.